The van der Waals surface area contributed by atoms with Crippen LogP contribution in [0.15, 0.2) is 12.1 Å². The predicted octanol–water partition coefficient (Wildman–Crippen LogP) is 2.92. The molecule has 0 amide bonds. The van der Waals surface area contributed by atoms with E-state index in [0.29, 0.717) is 27.8 Å². The summed E-state index contributed by atoms with van der Waals surface area (Å²) in [7, 11) is 3.13. The number of halogens is 1. The number of H-pyrrole nitrogens is 1. The lowest BCUT2D eigenvalue weighted by atomic mass is 10.2. The van der Waals surface area contributed by atoms with Gasteiger partial charge < -0.3 is 14.9 Å². The van der Waals surface area contributed by atoms with Crippen molar-refractivity contribution in [3.05, 3.63) is 33.3 Å². The zero-order valence-electron chi connectivity index (χ0n) is 12.1. The molecule has 0 atom stereocenters. The molecule has 0 aliphatic rings. The highest BCUT2D eigenvalue weighted by Gasteiger charge is 2.11. The maximum atomic E-state index is 6.19. The van der Waals surface area contributed by atoms with Crippen LogP contribution in [0, 0.1) is 4.77 Å². The fourth-order valence-corrected chi connectivity index (χ4v) is 2.50. The number of benzene rings is 1. The van der Waals surface area contributed by atoms with Crippen molar-refractivity contribution in [3.8, 4) is 11.5 Å². The van der Waals surface area contributed by atoms with Crippen molar-refractivity contribution in [1.29, 1.82) is 0 Å². The molecule has 0 fully saturated rings. The van der Waals surface area contributed by atoms with Crippen LogP contribution < -0.4 is 14.9 Å². The third-order valence-electron chi connectivity index (χ3n) is 2.99. The second kappa shape index (κ2) is 6.82. The van der Waals surface area contributed by atoms with E-state index in [-0.39, 0.29) is 0 Å². The molecule has 0 radical (unpaired) electrons. The summed E-state index contributed by atoms with van der Waals surface area (Å²) >= 11 is 11.4. The Morgan fingerprint density at radius 2 is 2.14 bits per heavy atom. The van der Waals surface area contributed by atoms with Gasteiger partial charge in [0.05, 0.1) is 25.8 Å². The third-order valence-corrected chi connectivity index (χ3v) is 3.55. The number of nitrogens with one attached hydrogen (secondary N) is 2. The summed E-state index contributed by atoms with van der Waals surface area (Å²) in [6.07, 6.45) is 0.771. The van der Waals surface area contributed by atoms with Crippen molar-refractivity contribution in [1.82, 2.24) is 14.9 Å². The van der Waals surface area contributed by atoms with Gasteiger partial charge in [0.1, 0.15) is 0 Å². The maximum absolute atomic E-state index is 6.19. The maximum Gasteiger partial charge on any atom is 0.214 e. The molecule has 21 heavy (non-hydrogen) atoms. The Labute approximate surface area is 133 Å². The van der Waals surface area contributed by atoms with Crippen molar-refractivity contribution in [2.24, 2.45) is 0 Å². The molecule has 0 aliphatic heterocycles. The van der Waals surface area contributed by atoms with E-state index in [4.69, 9.17) is 33.3 Å². The highest BCUT2D eigenvalue weighted by molar-refractivity contribution is 7.71. The summed E-state index contributed by atoms with van der Waals surface area (Å²) in [6, 6.07) is 3.69. The van der Waals surface area contributed by atoms with Crippen molar-refractivity contribution < 1.29 is 9.47 Å². The lowest BCUT2D eigenvalue weighted by molar-refractivity contribution is 0.354. The molecular weight excluding hydrogens is 312 g/mol. The van der Waals surface area contributed by atoms with Crippen LogP contribution in [-0.2, 0) is 13.0 Å². The minimum Gasteiger partial charge on any atom is -0.493 e. The second-order valence-electron chi connectivity index (χ2n) is 4.28. The van der Waals surface area contributed by atoms with Crippen LogP contribution in [0.3, 0.4) is 0 Å². The molecule has 0 saturated heterocycles. The van der Waals surface area contributed by atoms with Gasteiger partial charge in [-0.3, -0.25) is 5.10 Å². The van der Waals surface area contributed by atoms with Gasteiger partial charge in [0, 0.05) is 6.42 Å². The van der Waals surface area contributed by atoms with Gasteiger partial charge in [-0.2, -0.15) is 5.10 Å². The highest BCUT2D eigenvalue weighted by Crippen LogP contribution is 2.35. The third kappa shape index (κ3) is 3.30. The molecular formula is C13H17ClN4O2S. The van der Waals surface area contributed by atoms with Gasteiger partial charge >= 0.3 is 0 Å². The topological polar surface area (TPSA) is 64.1 Å². The van der Waals surface area contributed by atoms with Crippen LogP contribution in [0.5, 0.6) is 11.5 Å². The average molecular weight is 329 g/mol. The number of aromatic amines is 1. The molecule has 0 bridgehead atoms. The van der Waals surface area contributed by atoms with Gasteiger partial charge in [-0.05, 0) is 29.9 Å². The van der Waals surface area contributed by atoms with E-state index >= 15 is 0 Å². The van der Waals surface area contributed by atoms with Gasteiger partial charge in [0.2, 0.25) is 4.77 Å². The Hall–Kier alpha value is -1.73. The Morgan fingerprint density at radius 1 is 1.38 bits per heavy atom. The van der Waals surface area contributed by atoms with E-state index in [2.05, 4.69) is 15.6 Å². The van der Waals surface area contributed by atoms with Gasteiger partial charge in [0.15, 0.2) is 17.3 Å². The molecule has 0 unspecified atom stereocenters. The molecule has 1 aromatic heterocycles. The molecule has 2 aromatic rings. The zero-order valence-corrected chi connectivity index (χ0v) is 13.6. The number of aromatic nitrogens is 3. The first-order valence-electron chi connectivity index (χ1n) is 6.41. The van der Waals surface area contributed by atoms with Crippen molar-refractivity contribution >= 4 is 23.8 Å². The molecule has 1 heterocycles. The summed E-state index contributed by atoms with van der Waals surface area (Å²) in [5.74, 6) is 1.96. The average Bonchev–Trinajstić information content (AvgIpc) is 2.84. The van der Waals surface area contributed by atoms with E-state index in [1.54, 1.807) is 18.9 Å². The van der Waals surface area contributed by atoms with Gasteiger partial charge in [-0.25, -0.2) is 4.68 Å². The van der Waals surface area contributed by atoms with Crippen LogP contribution in [0.1, 0.15) is 18.3 Å². The minimum absolute atomic E-state index is 0.500. The Balaban J connectivity index is 2.22. The number of methoxy groups -OCH3 is 2. The van der Waals surface area contributed by atoms with Crippen molar-refractivity contribution in [2.75, 3.05) is 19.6 Å². The Bertz CT molecular complexity index is 683. The van der Waals surface area contributed by atoms with E-state index in [1.807, 2.05) is 19.1 Å². The normalized spacial score (nSPS) is 10.5. The van der Waals surface area contributed by atoms with Gasteiger partial charge in [-0.1, -0.05) is 18.5 Å². The van der Waals surface area contributed by atoms with Crippen molar-refractivity contribution in [2.45, 2.75) is 19.9 Å². The quantitative estimate of drug-likeness (QED) is 0.798. The van der Waals surface area contributed by atoms with Crippen molar-refractivity contribution in [3.63, 3.8) is 0 Å². The molecule has 0 saturated carbocycles. The molecule has 114 valence electrons. The molecule has 2 rings (SSSR count). The lowest BCUT2D eigenvalue weighted by Crippen LogP contribution is -2.17. The highest BCUT2D eigenvalue weighted by atomic mass is 35.5. The number of ether oxygens (including phenoxy) is 2. The first kappa shape index (κ1) is 15.7. The smallest absolute Gasteiger partial charge is 0.214 e. The van der Waals surface area contributed by atoms with Crippen LogP contribution in [0.4, 0.5) is 0 Å². The zero-order chi connectivity index (χ0) is 15.4. The summed E-state index contributed by atoms with van der Waals surface area (Å²) in [5.41, 5.74) is 4.16. The first-order chi connectivity index (χ1) is 10.1. The van der Waals surface area contributed by atoms with Crippen LogP contribution >= 0.6 is 23.8 Å². The number of nitrogens with zero attached hydrogens (tertiary/aromatic N) is 2. The number of aryl methyl sites for hydroxylation is 1. The summed E-state index contributed by atoms with van der Waals surface area (Å²) in [5, 5.41) is 7.40. The number of hydrogen-bond donors (Lipinski definition) is 2. The minimum atomic E-state index is 0.500. The molecule has 1 aromatic carbocycles. The van der Waals surface area contributed by atoms with E-state index in [0.717, 1.165) is 17.8 Å². The monoisotopic (exact) mass is 328 g/mol. The Morgan fingerprint density at radius 3 is 2.76 bits per heavy atom. The number of hydrogen-bond acceptors (Lipinski definition) is 5. The SMILES string of the molecule is CCc1n[nH]c(=S)n1NCc1cc(Cl)c(OC)c(OC)c1. The fraction of sp³-hybridized carbons (Fsp3) is 0.385. The number of rotatable bonds is 6. The lowest BCUT2D eigenvalue weighted by Gasteiger charge is -2.13. The van der Waals surface area contributed by atoms with Gasteiger partial charge in [0.25, 0.3) is 0 Å². The van der Waals surface area contributed by atoms with Crippen LogP contribution in [0.2, 0.25) is 5.02 Å². The largest absolute Gasteiger partial charge is 0.493 e. The molecule has 6 nitrogen and oxygen atoms in total. The first-order valence-corrected chi connectivity index (χ1v) is 7.19. The Kier molecular flexibility index (Phi) is 5.08. The summed E-state index contributed by atoms with van der Waals surface area (Å²) in [6.45, 7) is 2.54. The summed E-state index contributed by atoms with van der Waals surface area (Å²) < 4.78 is 12.8. The second-order valence-corrected chi connectivity index (χ2v) is 5.08. The standard InChI is InChI=1S/C13H17ClN4O2S/c1-4-11-16-17-13(21)18(11)15-7-8-5-9(14)12(20-3)10(6-8)19-2/h5-6,15H,4,7H2,1-3H3,(H,17,21). The fourth-order valence-electron chi connectivity index (χ4n) is 1.97. The van der Waals surface area contributed by atoms with Gasteiger partial charge in [-0.15, -0.1) is 0 Å². The molecule has 0 spiro atoms. The summed E-state index contributed by atoms with van der Waals surface area (Å²) in [4.78, 5) is 0. The molecule has 0 aliphatic carbocycles. The van der Waals surface area contributed by atoms with E-state index < -0.39 is 0 Å². The molecule has 8 heteroatoms. The van der Waals surface area contributed by atoms with Crippen LogP contribution in [-0.4, -0.2) is 29.1 Å². The van der Waals surface area contributed by atoms with Crippen LogP contribution in [0.25, 0.3) is 0 Å². The molecule has 2 N–H and O–H groups in total. The van der Waals surface area contributed by atoms with E-state index in [1.165, 1.54) is 0 Å². The predicted molar refractivity (Wildman–Crippen MR) is 84.4 cm³/mol. The van der Waals surface area contributed by atoms with E-state index in [9.17, 15) is 0 Å².